The first-order valence-corrected chi connectivity index (χ1v) is 6.59. The van der Waals surface area contributed by atoms with Crippen molar-refractivity contribution in [2.75, 3.05) is 19.6 Å². The van der Waals surface area contributed by atoms with E-state index >= 15 is 0 Å². The van der Waals surface area contributed by atoms with E-state index in [0.29, 0.717) is 19.4 Å². The van der Waals surface area contributed by atoms with Gasteiger partial charge in [0, 0.05) is 26.1 Å². The molecule has 0 bridgehead atoms. The lowest BCUT2D eigenvalue weighted by Gasteiger charge is -2.15. The molecule has 0 aromatic heterocycles. The molecule has 1 N–H and O–H groups in total. The number of hydrogen-bond donors (Lipinski definition) is 1. The molecule has 1 aromatic rings. The van der Waals surface area contributed by atoms with Crippen molar-refractivity contribution in [2.45, 2.75) is 19.3 Å². The summed E-state index contributed by atoms with van der Waals surface area (Å²) in [5, 5.41) is 2.46. The predicted molar refractivity (Wildman–Crippen MR) is 69.1 cm³/mol. The lowest BCUT2D eigenvalue weighted by molar-refractivity contribution is -0.127. The quantitative estimate of drug-likeness (QED) is 0.836. The third kappa shape index (κ3) is 3.31. The zero-order chi connectivity index (χ0) is 14.5. The topological polar surface area (TPSA) is 49.4 Å². The predicted octanol–water partition coefficient (Wildman–Crippen LogP) is 1.71. The number of rotatable bonds is 5. The van der Waals surface area contributed by atoms with Gasteiger partial charge >= 0.3 is 0 Å². The first-order valence-electron chi connectivity index (χ1n) is 6.59. The van der Waals surface area contributed by atoms with Gasteiger partial charge in [-0.15, -0.1) is 0 Å². The van der Waals surface area contributed by atoms with Crippen molar-refractivity contribution >= 4 is 11.8 Å². The van der Waals surface area contributed by atoms with Crippen molar-refractivity contribution in [3.63, 3.8) is 0 Å². The standard InChI is InChI=1S/C14H16F2N2O2/c15-10-4-1-5-11(16)13(10)14(20)17-7-3-9-18-8-2-6-12(18)19/h1,4-5H,2-3,6-9H2,(H,17,20). The first kappa shape index (κ1) is 14.4. The molecule has 0 unspecified atom stereocenters. The molecular weight excluding hydrogens is 266 g/mol. The molecule has 2 amide bonds. The van der Waals surface area contributed by atoms with Crippen molar-refractivity contribution in [2.24, 2.45) is 0 Å². The molecule has 2 rings (SSSR count). The molecule has 20 heavy (non-hydrogen) atoms. The number of hydrogen-bond acceptors (Lipinski definition) is 2. The Morgan fingerprint density at radius 3 is 2.60 bits per heavy atom. The van der Waals surface area contributed by atoms with E-state index < -0.39 is 23.1 Å². The van der Waals surface area contributed by atoms with Crippen LogP contribution in [-0.2, 0) is 4.79 Å². The SMILES string of the molecule is O=C(NCCCN1CCCC1=O)c1c(F)cccc1F. The zero-order valence-electron chi connectivity index (χ0n) is 11.0. The maximum atomic E-state index is 13.4. The summed E-state index contributed by atoms with van der Waals surface area (Å²) in [4.78, 5) is 24.8. The molecule has 6 heteroatoms. The van der Waals surface area contributed by atoms with Crippen molar-refractivity contribution < 1.29 is 18.4 Å². The minimum absolute atomic E-state index is 0.122. The second-order valence-corrected chi connectivity index (χ2v) is 4.69. The van der Waals surface area contributed by atoms with Crippen LogP contribution in [0.2, 0.25) is 0 Å². The highest BCUT2D eigenvalue weighted by atomic mass is 19.1. The molecule has 0 saturated carbocycles. The van der Waals surface area contributed by atoms with Crippen molar-refractivity contribution in [1.82, 2.24) is 10.2 Å². The van der Waals surface area contributed by atoms with Gasteiger partial charge in [-0.2, -0.15) is 0 Å². The van der Waals surface area contributed by atoms with Crippen molar-refractivity contribution in [3.8, 4) is 0 Å². The van der Waals surface area contributed by atoms with E-state index in [-0.39, 0.29) is 12.5 Å². The van der Waals surface area contributed by atoms with Crippen molar-refractivity contribution in [3.05, 3.63) is 35.4 Å². The molecule has 1 aliphatic rings. The monoisotopic (exact) mass is 282 g/mol. The van der Waals surface area contributed by atoms with E-state index in [9.17, 15) is 18.4 Å². The molecule has 4 nitrogen and oxygen atoms in total. The molecule has 0 atom stereocenters. The third-order valence-electron chi connectivity index (χ3n) is 3.25. The number of nitrogens with zero attached hydrogens (tertiary/aromatic N) is 1. The molecule has 0 aliphatic carbocycles. The Morgan fingerprint density at radius 2 is 2.00 bits per heavy atom. The molecule has 1 saturated heterocycles. The van der Waals surface area contributed by atoms with E-state index in [2.05, 4.69) is 5.32 Å². The second kappa shape index (κ2) is 6.45. The van der Waals surface area contributed by atoms with Crippen LogP contribution in [0, 0.1) is 11.6 Å². The summed E-state index contributed by atoms with van der Waals surface area (Å²) in [6.45, 7) is 1.57. The van der Waals surface area contributed by atoms with Gasteiger partial charge in [0.25, 0.3) is 5.91 Å². The summed E-state index contributed by atoms with van der Waals surface area (Å²) in [6, 6.07) is 3.29. The number of carbonyl (C=O) groups is 2. The Bertz CT molecular complexity index is 500. The third-order valence-corrected chi connectivity index (χ3v) is 3.25. The normalized spacial score (nSPS) is 14.7. The molecule has 1 heterocycles. The summed E-state index contributed by atoms with van der Waals surface area (Å²) in [6.07, 6.45) is 2.01. The van der Waals surface area contributed by atoms with Gasteiger partial charge in [0.2, 0.25) is 5.91 Å². The minimum atomic E-state index is -0.878. The van der Waals surface area contributed by atoms with Crippen molar-refractivity contribution in [1.29, 1.82) is 0 Å². The molecule has 108 valence electrons. The average molecular weight is 282 g/mol. The number of amides is 2. The second-order valence-electron chi connectivity index (χ2n) is 4.69. The van der Waals surface area contributed by atoms with E-state index in [1.165, 1.54) is 6.07 Å². The van der Waals surface area contributed by atoms with E-state index in [4.69, 9.17) is 0 Å². The number of carbonyl (C=O) groups excluding carboxylic acids is 2. The summed E-state index contributed by atoms with van der Waals surface area (Å²) < 4.78 is 26.7. The highest BCUT2D eigenvalue weighted by Gasteiger charge is 2.20. The number of benzene rings is 1. The largest absolute Gasteiger partial charge is 0.352 e. The highest BCUT2D eigenvalue weighted by molar-refractivity contribution is 5.94. The molecule has 0 spiro atoms. The van der Waals surface area contributed by atoms with Gasteiger partial charge in [0.15, 0.2) is 0 Å². The first-order chi connectivity index (χ1) is 9.59. The maximum absolute atomic E-state index is 13.4. The minimum Gasteiger partial charge on any atom is -0.352 e. The number of likely N-dealkylation sites (tertiary alicyclic amines) is 1. The Morgan fingerprint density at radius 1 is 1.30 bits per heavy atom. The number of nitrogens with one attached hydrogen (secondary N) is 1. The van der Waals surface area contributed by atoms with Gasteiger partial charge < -0.3 is 10.2 Å². The Hall–Kier alpha value is -1.98. The summed E-state index contributed by atoms with van der Waals surface area (Å²) in [5.41, 5.74) is -0.565. The van der Waals surface area contributed by atoms with Gasteiger partial charge in [-0.3, -0.25) is 9.59 Å². The fourth-order valence-electron chi connectivity index (χ4n) is 2.22. The van der Waals surface area contributed by atoms with Crippen LogP contribution in [0.5, 0.6) is 0 Å². The van der Waals surface area contributed by atoms with Gasteiger partial charge in [-0.25, -0.2) is 8.78 Å². The maximum Gasteiger partial charge on any atom is 0.257 e. The van der Waals surface area contributed by atoms with Crippen LogP contribution in [-0.4, -0.2) is 36.3 Å². The van der Waals surface area contributed by atoms with Crippen LogP contribution < -0.4 is 5.32 Å². The smallest absolute Gasteiger partial charge is 0.257 e. The lowest BCUT2D eigenvalue weighted by atomic mass is 10.2. The van der Waals surface area contributed by atoms with Crippen LogP contribution in [0.3, 0.4) is 0 Å². The van der Waals surface area contributed by atoms with Crippen LogP contribution in [0.1, 0.15) is 29.6 Å². The highest BCUT2D eigenvalue weighted by Crippen LogP contribution is 2.12. The van der Waals surface area contributed by atoms with Gasteiger partial charge in [0.05, 0.1) is 0 Å². The fraction of sp³-hybridized carbons (Fsp3) is 0.429. The Balaban J connectivity index is 1.79. The number of halogens is 2. The summed E-state index contributed by atoms with van der Waals surface area (Å²) >= 11 is 0. The zero-order valence-corrected chi connectivity index (χ0v) is 11.0. The van der Waals surface area contributed by atoms with Gasteiger partial charge in [0.1, 0.15) is 17.2 Å². The lowest BCUT2D eigenvalue weighted by Crippen LogP contribution is -2.31. The van der Waals surface area contributed by atoms with E-state index in [1.807, 2.05) is 0 Å². The van der Waals surface area contributed by atoms with E-state index in [0.717, 1.165) is 25.1 Å². The summed E-state index contributed by atoms with van der Waals surface area (Å²) in [5.74, 6) is -2.40. The average Bonchev–Trinajstić information content (AvgIpc) is 2.80. The fourth-order valence-corrected chi connectivity index (χ4v) is 2.22. The van der Waals surface area contributed by atoms with Crippen LogP contribution in [0.15, 0.2) is 18.2 Å². The van der Waals surface area contributed by atoms with Crippen LogP contribution in [0.4, 0.5) is 8.78 Å². The Labute approximate surface area is 115 Å². The molecule has 1 fully saturated rings. The molecule has 0 radical (unpaired) electrons. The molecule has 1 aliphatic heterocycles. The molecule has 1 aromatic carbocycles. The molecular formula is C14H16F2N2O2. The Kier molecular flexibility index (Phi) is 4.65. The van der Waals surface area contributed by atoms with E-state index in [1.54, 1.807) is 4.90 Å². The van der Waals surface area contributed by atoms with Gasteiger partial charge in [-0.05, 0) is 25.0 Å². The summed E-state index contributed by atoms with van der Waals surface area (Å²) in [7, 11) is 0. The van der Waals surface area contributed by atoms with Crippen LogP contribution in [0.25, 0.3) is 0 Å². The van der Waals surface area contributed by atoms with Gasteiger partial charge in [-0.1, -0.05) is 6.07 Å². The van der Waals surface area contributed by atoms with Crippen LogP contribution >= 0.6 is 0 Å².